The number of carbonyl (C=O) groups excluding carboxylic acids is 1. The van der Waals surface area contributed by atoms with Gasteiger partial charge in [0.2, 0.25) is 5.91 Å². The van der Waals surface area contributed by atoms with Crippen molar-refractivity contribution in [3.05, 3.63) is 40.8 Å². The van der Waals surface area contributed by atoms with Crippen LogP contribution in [0, 0.1) is 0 Å². The lowest BCUT2D eigenvalue weighted by molar-refractivity contribution is -0.132. The van der Waals surface area contributed by atoms with Gasteiger partial charge in [-0.15, -0.1) is 0 Å². The molecule has 0 saturated carbocycles. The van der Waals surface area contributed by atoms with Crippen LogP contribution in [0.25, 0.3) is 0 Å². The van der Waals surface area contributed by atoms with E-state index in [0.29, 0.717) is 19.0 Å². The molecule has 0 saturated heterocycles. The van der Waals surface area contributed by atoms with Crippen LogP contribution in [0.15, 0.2) is 35.2 Å². The lowest BCUT2D eigenvalue weighted by Crippen LogP contribution is -2.44. The summed E-state index contributed by atoms with van der Waals surface area (Å²) in [5, 5.41) is 3.12. The molecule has 2 aliphatic heterocycles. The number of aromatic nitrogens is 1. The van der Waals surface area contributed by atoms with Crippen LogP contribution in [-0.4, -0.2) is 41.4 Å². The van der Waals surface area contributed by atoms with E-state index in [4.69, 9.17) is 4.74 Å². The molecular formula is C14H17N3O2S. The van der Waals surface area contributed by atoms with Crippen molar-refractivity contribution in [3.63, 3.8) is 0 Å². The molecule has 1 aromatic heterocycles. The van der Waals surface area contributed by atoms with Gasteiger partial charge in [0.15, 0.2) is 0 Å². The third kappa shape index (κ3) is 2.53. The Morgan fingerprint density at radius 2 is 2.30 bits per heavy atom. The van der Waals surface area contributed by atoms with Gasteiger partial charge in [-0.2, -0.15) is 0 Å². The lowest BCUT2D eigenvalue weighted by atomic mass is 10.2. The van der Waals surface area contributed by atoms with Gasteiger partial charge in [-0.1, -0.05) is 11.8 Å². The van der Waals surface area contributed by atoms with E-state index in [1.807, 2.05) is 24.1 Å². The van der Waals surface area contributed by atoms with Crippen LogP contribution in [0.1, 0.15) is 12.0 Å². The number of carbonyl (C=O) groups is 1. The third-order valence-electron chi connectivity index (χ3n) is 3.56. The highest BCUT2D eigenvalue weighted by Gasteiger charge is 2.35. The average Bonchev–Trinajstić information content (AvgIpc) is 2.89. The molecule has 0 fully saturated rings. The maximum absolute atomic E-state index is 12.7. The van der Waals surface area contributed by atoms with Gasteiger partial charge in [-0.3, -0.25) is 9.78 Å². The monoisotopic (exact) mass is 291 g/mol. The molecule has 3 rings (SSSR count). The average molecular weight is 291 g/mol. The molecule has 1 atom stereocenters. The molecule has 3 heterocycles. The summed E-state index contributed by atoms with van der Waals surface area (Å²) in [7, 11) is 1.82. The predicted molar refractivity (Wildman–Crippen MR) is 77.7 cm³/mol. The van der Waals surface area contributed by atoms with E-state index in [-0.39, 0.29) is 11.9 Å². The first kappa shape index (κ1) is 13.5. The molecule has 5 nitrogen and oxygen atoms in total. The summed E-state index contributed by atoms with van der Waals surface area (Å²) in [6.07, 6.45) is 4.30. The van der Waals surface area contributed by atoms with Crippen LogP contribution in [0.2, 0.25) is 0 Å². The highest BCUT2D eigenvalue weighted by molar-refractivity contribution is 8.03. The van der Waals surface area contributed by atoms with Crippen LogP contribution in [0.4, 0.5) is 0 Å². The van der Waals surface area contributed by atoms with Gasteiger partial charge in [0.05, 0.1) is 4.91 Å². The van der Waals surface area contributed by atoms with Gasteiger partial charge in [-0.25, -0.2) is 0 Å². The number of hydrogen-bond acceptors (Lipinski definition) is 5. The number of pyridine rings is 1. The van der Waals surface area contributed by atoms with E-state index in [1.54, 1.807) is 24.2 Å². The highest BCUT2D eigenvalue weighted by atomic mass is 32.2. The first-order valence-electron chi connectivity index (χ1n) is 6.63. The molecule has 1 N–H and O–H groups in total. The number of ether oxygens (including phenoxy) is 1. The van der Waals surface area contributed by atoms with Crippen molar-refractivity contribution >= 4 is 17.7 Å². The second-order valence-electron chi connectivity index (χ2n) is 4.78. The fourth-order valence-electron chi connectivity index (χ4n) is 2.52. The number of rotatable bonds is 3. The Bertz CT molecular complexity index is 532. The van der Waals surface area contributed by atoms with E-state index in [2.05, 4.69) is 10.3 Å². The molecule has 0 aliphatic carbocycles. The first-order chi connectivity index (χ1) is 9.79. The Morgan fingerprint density at radius 3 is 3.05 bits per heavy atom. The Hall–Kier alpha value is -1.53. The lowest BCUT2D eigenvalue weighted by Gasteiger charge is -2.25. The zero-order valence-corrected chi connectivity index (χ0v) is 12.2. The number of likely N-dealkylation sites (N-methyl/N-ethyl adjacent to an activating group) is 1. The first-order valence-corrected chi connectivity index (χ1v) is 7.61. The van der Waals surface area contributed by atoms with Crippen molar-refractivity contribution < 1.29 is 9.53 Å². The standard InChI is InChI=1S/C14H17N3O2S/c1-15-12-13-11(19-9-20-13)4-7-17(14(12)18)8-10-2-5-16-6-3-10/h2-3,5-6,12,15H,4,7-9H2,1H3. The minimum atomic E-state index is -0.276. The Labute approximate surface area is 122 Å². The summed E-state index contributed by atoms with van der Waals surface area (Å²) in [6.45, 7) is 1.31. The molecule has 0 radical (unpaired) electrons. The van der Waals surface area contributed by atoms with E-state index in [0.717, 1.165) is 22.6 Å². The summed E-state index contributed by atoms with van der Waals surface area (Å²) >= 11 is 1.62. The number of nitrogens with one attached hydrogen (secondary N) is 1. The summed E-state index contributed by atoms with van der Waals surface area (Å²) in [5.74, 6) is 1.72. The summed E-state index contributed by atoms with van der Waals surface area (Å²) in [4.78, 5) is 19.6. The number of hydrogen-bond donors (Lipinski definition) is 1. The maximum atomic E-state index is 12.7. The van der Waals surface area contributed by atoms with Crippen molar-refractivity contribution in [3.8, 4) is 0 Å². The summed E-state index contributed by atoms with van der Waals surface area (Å²) in [6, 6.07) is 3.61. The Kier molecular flexibility index (Phi) is 3.93. The molecule has 6 heteroatoms. The van der Waals surface area contributed by atoms with E-state index >= 15 is 0 Å². The van der Waals surface area contributed by atoms with Crippen molar-refractivity contribution in [1.82, 2.24) is 15.2 Å². The van der Waals surface area contributed by atoms with Crippen LogP contribution >= 0.6 is 11.8 Å². The molecule has 20 heavy (non-hydrogen) atoms. The Balaban J connectivity index is 1.80. The molecule has 0 bridgehead atoms. The van der Waals surface area contributed by atoms with Crippen molar-refractivity contribution in [2.75, 3.05) is 19.5 Å². The van der Waals surface area contributed by atoms with Crippen LogP contribution in [0.5, 0.6) is 0 Å². The van der Waals surface area contributed by atoms with E-state index < -0.39 is 0 Å². The van der Waals surface area contributed by atoms with Crippen molar-refractivity contribution in [2.24, 2.45) is 0 Å². The molecule has 106 valence electrons. The van der Waals surface area contributed by atoms with Gasteiger partial charge in [0.1, 0.15) is 17.7 Å². The quantitative estimate of drug-likeness (QED) is 0.910. The van der Waals surface area contributed by atoms with Gasteiger partial charge in [0.25, 0.3) is 0 Å². The topological polar surface area (TPSA) is 54.5 Å². The molecule has 0 aromatic carbocycles. The maximum Gasteiger partial charge on any atom is 0.245 e. The van der Waals surface area contributed by atoms with Crippen molar-refractivity contribution in [2.45, 2.75) is 19.0 Å². The number of nitrogens with zero attached hydrogens (tertiary/aromatic N) is 2. The van der Waals surface area contributed by atoms with Crippen molar-refractivity contribution in [1.29, 1.82) is 0 Å². The number of amides is 1. The van der Waals surface area contributed by atoms with E-state index in [1.165, 1.54) is 0 Å². The zero-order valence-electron chi connectivity index (χ0n) is 11.3. The van der Waals surface area contributed by atoms with Crippen LogP contribution < -0.4 is 5.32 Å². The van der Waals surface area contributed by atoms with Gasteiger partial charge < -0.3 is 15.0 Å². The third-order valence-corrected chi connectivity index (χ3v) is 4.57. The molecule has 1 aromatic rings. The second kappa shape index (κ2) is 5.85. The largest absolute Gasteiger partial charge is 0.486 e. The molecule has 1 amide bonds. The highest BCUT2D eigenvalue weighted by Crippen LogP contribution is 2.36. The minimum absolute atomic E-state index is 0.118. The molecular weight excluding hydrogens is 274 g/mol. The molecule has 1 unspecified atom stereocenters. The zero-order chi connectivity index (χ0) is 13.9. The fourth-order valence-corrected chi connectivity index (χ4v) is 3.55. The fraction of sp³-hybridized carbons (Fsp3) is 0.429. The normalized spacial score (nSPS) is 22.6. The van der Waals surface area contributed by atoms with E-state index in [9.17, 15) is 4.79 Å². The predicted octanol–water partition coefficient (Wildman–Crippen LogP) is 1.33. The summed E-state index contributed by atoms with van der Waals surface area (Å²) in [5.41, 5.74) is 1.10. The summed E-state index contributed by atoms with van der Waals surface area (Å²) < 4.78 is 5.63. The smallest absolute Gasteiger partial charge is 0.245 e. The van der Waals surface area contributed by atoms with Crippen LogP contribution in [0.3, 0.4) is 0 Å². The molecule has 2 aliphatic rings. The molecule has 0 spiro atoms. The van der Waals surface area contributed by atoms with Gasteiger partial charge >= 0.3 is 0 Å². The second-order valence-corrected chi connectivity index (χ2v) is 5.75. The van der Waals surface area contributed by atoms with Gasteiger partial charge in [0, 0.05) is 31.9 Å². The minimum Gasteiger partial charge on any atom is -0.486 e. The van der Waals surface area contributed by atoms with Gasteiger partial charge in [-0.05, 0) is 24.7 Å². The number of thioether (sulfide) groups is 1. The van der Waals surface area contributed by atoms with Crippen LogP contribution in [-0.2, 0) is 16.1 Å². The Morgan fingerprint density at radius 1 is 1.50 bits per heavy atom. The SMILES string of the molecule is CNC1C(=O)N(Cc2ccncc2)CCC2=C1SCO2.